The molecule has 0 saturated heterocycles. The van der Waals surface area contributed by atoms with E-state index < -0.39 is 17.2 Å². The van der Waals surface area contributed by atoms with Crippen molar-refractivity contribution in [1.82, 2.24) is 13.7 Å². The molecule has 0 bridgehead atoms. The highest BCUT2D eigenvalue weighted by molar-refractivity contribution is 5.91. The average molecular weight is 381 g/mol. The summed E-state index contributed by atoms with van der Waals surface area (Å²) in [6, 6.07) is 11.1. The Kier molecular flexibility index (Phi) is 5.09. The molecule has 0 aliphatic heterocycles. The largest absolute Gasteiger partial charge is 0.456 e. The monoisotopic (exact) mass is 381 g/mol. The third-order valence-electron chi connectivity index (χ3n) is 4.92. The summed E-state index contributed by atoms with van der Waals surface area (Å²) in [5.74, 6) is -0.500. The second kappa shape index (κ2) is 7.34. The van der Waals surface area contributed by atoms with Gasteiger partial charge in [-0.05, 0) is 39.0 Å². The number of hydrogen-bond acceptors (Lipinski definition) is 4. The summed E-state index contributed by atoms with van der Waals surface area (Å²) >= 11 is 0. The number of nitrogens with zero attached hydrogens (tertiary/aromatic N) is 3. The molecular formula is C21H23N3O4. The lowest BCUT2D eigenvalue weighted by Gasteiger charge is -2.11. The van der Waals surface area contributed by atoms with Gasteiger partial charge in [0.15, 0.2) is 0 Å². The van der Waals surface area contributed by atoms with Crippen LogP contribution < -0.4 is 11.2 Å². The lowest BCUT2D eigenvalue weighted by Crippen LogP contribution is -2.38. The number of ether oxygens (including phenoxy) is 1. The lowest BCUT2D eigenvalue weighted by atomic mass is 10.2. The average Bonchev–Trinajstić information content (AvgIpc) is 2.97. The quantitative estimate of drug-likeness (QED) is 0.649. The van der Waals surface area contributed by atoms with Crippen molar-refractivity contribution in [2.45, 2.75) is 27.4 Å². The van der Waals surface area contributed by atoms with Gasteiger partial charge in [-0.25, -0.2) is 9.59 Å². The van der Waals surface area contributed by atoms with Crippen molar-refractivity contribution in [3.8, 4) is 5.69 Å². The standard InChI is InChI=1S/C21H23N3O4/c1-13-6-8-16(9-7-13)24-14(2)10-18(15(24)3)20(26)28-12-17-11-19(25)23(5)21(27)22(17)4/h6-11H,12H2,1-5H3. The van der Waals surface area contributed by atoms with Crippen molar-refractivity contribution >= 4 is 5.97 Å². The number of carbonyl (C=O) groups is 1. The first kappa shape index (κ1) is 19.4. The van der Waals surface area contributed by atoms with Gasteiger partial charge in [-0.3, -0.25) is 13.9 Å². The van der Waals surface area contributed by atoms with Crippen molar-refractivity contribution in [3.05, 3.63) is 85.4 Å². The zero-order valence-electron chi connectivity index (χ0n) is 16.6. The van der Waals surface area contributed by atoms with Crippen LogP contribution in [0.25, 0.3) is 5.69 Å². The molecule has 0 spiro atoms. The fourth-order valence-electron chi connectivity index (χ4n) is 3.19. The molecule has 0 unspecified atom stereocenters. The third kappa shape index (κ3) is 3.43. The fourth-order valence-corrected chi connectivity index (χ4v) is 3.19. The molecule has 0 saturated carbocycles. The Hall–Kier alpha value is -3.35. The maximum absolute atomic E-state index is 12.6. The maximum atomic E-state index is 12.6. The van der Waals surface area contributed by atoms with E-state index in [4.69, 9.17) is 4.74 Å². The molecule has 7 heteroatoms. The number of rotatable bonds is 4. The summed E-state index contributed by atoms with van der Waals surface area (Å²) in [6.07, 6.45) is 0. The Morgan fingerprint density at radius 1 is 0.964 bits per heavy atom. The van der Waals surface area contributed by atoms with E-state index in [9.17, 15) is 14.4 Å². The van der Waals surface area contributed by atoms with Gasteiger partial charge in [-0.1, -0.05) is 17.7 Å². The van der Waals surface area contributed by atoms with Crippen LogP contribution in [0.5, 0.6) is 0 Å². The second-order valence-corrected chi connectivity index (χ2v) is 6.91. The molecule has 0 aliphatic rings. The molecule has 1 aromatic carbocycles. The van der Waals surface area contributed by atoms with Crippen LogP contribution in [0.3, 0.4) is 0 Å². The van der Waals surface area contributed by atoms with Crippen molar-refractivity contribution in [1.29, 1.82) is 0 Å². The Balaban J connectivity index is 1.87. The van der Waals surface area contributed by atoms with Crippen LogP contribution >= 0.6 is 0 Å². The normalized spacial score (nSPS) is 10.9. The molecule has 0 N–H and O–H groups in total. The highest BCUT2D eigenvalue weighted by Gasteiger charge is 2.18. The molecule has 0 amide bonds. The van der Waals surface area contributed by atoms with E-state index in [0.717, 1.165) is 27.2 Å². The minimum Gasteiger partial charge on any atom is -0.456 e. The summed E-state index contributed by atoms with van der Waals surface area (Å²) < 4.78 is 9.68. The van der Waals surface area contributed by atoms with E-state index in [2.05, 4.69) is 0 Å². The Bertz CT molecular complexity index is 1160. The predicted molar refractivity (Wildman–Crippen MR) is 106 cm³/mol. The molecule has 3 rings (SSSR count). The predicted octanol–water partition coefficient (Wildman–Crippen LogP) is 2.16. The SMILES string of the molecule is Cc1ccc(-n2c(C)cc(C(=O)OCc3cc(=O)n(C)c(=O)n3C)c2C)cc1. The van der Waals surface area contributed by atoms with Crippen LogP contribution in [-0.4, -0.2) is 19.7 Å². The minimum atomic E-state index is -0.500. The van der Waals surface area contributed by atoms with E-state index in [-0.39, 0.29) is 6.61 Å². The van der Waals surface area contributed by atoms with Crippen molar-refractivity contribution in [3.63, 3.8) is 0 Å². The maximum Gasteiger partial charge on any atom is 0.340 e. The van der Waals surface area contributed by atoms with E-state index in [1.165, 1.54) is 24.7 Å². The van der Waals surface area contributed by atoms with Crippen molar-refractivity contribution in [2.75, 3.05) is 0 Å². The first-order valence-electron chi connectivity index (χ1n) is 8.89. The molecule has 2 heterocycles. The van der Waals surface area contributed by atoms with Gasteiger partial charge in [0.2, 0.25) is 0 Å². The van der Waals surface area contributed by atoms with Crippen LogP contribution in [0.2, 0.25) is 0 Å². The van der Waals surface area contributed by atoms with E-state index in [1.807, 2.05) is 49.6 Å². The zero-order chi connectivity index (χ0) is 20.6. The number of carbonyl (C=O) groups excluding carboxylic acids is 1. The Morgan fingerprint density at radius 3 is 2.25 bits per heavy atom. The molecule has 2 aromatic heterocycles. The van der Waals surface area contributed by atoms with Crippen molar-refractivity contribution < 1.29 is 9.53 Å². The van der Waals surface area contributed by atoms with E-state index in [1.54, 1.807) is 6.07 Å². The molecule has 7 nitrogen and oxygen atoms in total. The number of aryl methyl sites for hydroxylation is 2. The van der Waals surface area contributed by atoms with Gasteiger partial charge in [0.1, 0.15) is 6.61 Å². The van der Waals surface area contributed by atoms with Crippen LogP contribution in [0.1, 0.15) is 33.0 Å². The van der Waals surface area contributed by atoms with Crippen LogP contribution in [0.15, 0.2) is 46.0 Å². The first-order valence-corrected chi connectivity index (χ1v) is 8.89. The lowest BCUT2D eigenvalue weighted by molar-refractivity contribution is 0.0462. The highest BCUT2D eigenvalue weighted by Crippen LogP contribution is 2.22. The van der Waals surface area contributed by atoms with Crippen LogP contribution in [0, 0.1) is 20.8 Å². The molecule has 0 radical (unpaired) electrons. The van der Waals surface area contributed by atoms with Crippen molar-refractivity contribution in [2.24, 2.45) is 14.1 Å². The summed E-state index contributed by atoms with van der Waals surface area (Å²) in [5, 5.41) is 0. The van der Waals surface area contributed by atoms with Gasteiger partial charge in [0, 0.05) is 37.2 Å². The minimum absolute atomic E-state index is 0.158. The molecule has 0 aliphatic carbocycles. The molecule has 3 aromatic rings. The van der Waals surface area contributed by atoms with Gasteiger partial charge in [0.25, 0.3) is 5.56 Å². The van der Waals surface area contributed by atoms with Gasteiger partial charge in [-0.15, -0.1) is 0 Å². The Morgan fingerprint density at radius 2 is 1.61 bits per heavy atom. The smallest absolute Gasteiger partial charge is 0.340 e. The molecule has 28 heavy (non-hydrogen) atoms. The zero-order valence-corrected chi connectivity index (χ0v) is 16.6. The molecule has 0 fully saturated rings. The number of esters is 1. The fraction of sp³-hybridized carbons (Fsp3) is 0.286. The summed E-state index contributed by atoms with van der Waals surface area (Å²) in [7, 11) is 2.94. The van der Waals surface area contributed by atoms with Gasteiger partial charge >= 0.3 is 11.7 Å². The second-order valence-electron chi connectivity index (χ2n) is 6.91. The molecule has 0 atom stereocenters. The van der Waals surface area contributed by atoms with E-state index in [0.29, 0.717) is 11.3 Å². The summed E-state index contributed by atoms with van der Waals surface area (Å²) in [6.45, 7) is 5.65. The van der Waals surface area contributed by atoms with Crippen LogP contribution in [-0.2, 0) is 25.4 Å². The van der Waals surface area contributed by atoms with Gasteiger partial charge in [0.05, 0.1) is 11.3 Å². The summed E-state index contributed by atoms with van der Waals surface area (Å²) in [4.78, 5) is 36.4. The molecule has 146 valence electrons. The van der Waals surface area contributed by atoms with E-state index >= 15 is 0 Å². The summed E-state index contributed by atoms with van der Waals surface area (Å²) in [5.41, 5.74) is 3.70. The van der Waals surface area contributed by atoms with Gasteiger partial charge in [-0.2, -0.15) is 0 Å². The molecular weight excluding hydrogens is 358 g/mol. The highest BCUT2D eigenvalue weighted by atomic mass is 16.5. The number of aromatic nitrogens is 3. The topological polar surface area (TPSA) is 75.2 Å². The third-order valence-corrected chi connectivity index (χ3v) is 4.92. The first-order chi connectivity index (χ1) is 13.2. The van der Waals surface area contributed by atoms with Gasteiger partial charge < -0.3 is 9.30 Å². The number of benzene rings is 1. The van der Waals surface area contributed by atoms with Crippen LogP contribution in [0.4, 0.5) is 0 Å². The number of hydrogen-bond donors (Lipinski definition) is 0. The Labute approximate surface area is 162 Å².